The van der Waals surface area contributed by atoms with E-state index in [1.807, 2.05) is 23.0 Å². The molecule has 0 atom stereocenters. The number of benzene rings is 1. The first kappa shape index (κ1) is 11.4. The molecule has 2 aromatic rings. The lowest BCUT2D eigenvalue weighted by atomic mass is 10.2. The maximum absolute atomic E-state index is 4.15. The first-order chi connectivity index (χ1) is 7.86. The van der Waals surface area contributed by atoms with E-state index in [4.69, 9.17) is 0 Å². The second-order valence-electron chi connectivity index (χ2n) is 3.54. The molecule has 1 aromatic heterocycles. The summed E-state index contributed by atoms with van der Waals surface area (Å²) in [6, 6.07) is 10.2. The lowest BCUT2D eigenvalue weighted by Crippen LogP contribution is -2.19. The standard InChI is InChI=1S/C12H14BrN3/c13-12-5-2-1-4-11(12)10-14-7-9-16-8-3-6-15-16/h1-6,8,14H,7,9-10H2. The zero-order valence-corrected chi connectivity index (χ0v) is 10.5. The van der Waals surface area contributed by atoms with E-state index in [0.29, 0.717) is 0 Å². The van der Waals surface area contributed by atoms with Gasteiger partial charge in [-0.1, -0.05) is 34.1 Å². The number of hydrogen-bond donors (Lipinski definition) is 1. The van der Waals surface area contributed by atoms with Crippen molar-refractivity contribution in [3.63, 3.8) is 0 Å². The van der Waals surface area contributed by atoms with Crippen molar-refractivity contribution in [2.75, 3.05) is 6.54 Å². The third kappa shape index (κ3) is 3.18. The highest BCUT2D eigenvalue weighted by Gasteiger charge is 1.97. The molecule has 0 fully saturated rings. The first-order valence-corrected chi connectivity index (χ1v) is 6.07. The fraction of sp³-hybridized carbons (Fsp3) is 0.250. The van der Waals surface area contributed by atoms with Crippen molar-refractivity contribution < 1.29 is 0 Å². The lowest BCUT2D eigenvalue weighted by Gasteiger charge is -2.06. The summed E-state index contributed by atoms with van der Waals surface area (Å²) >= 11 is 3.53. The Balaban J connectivity index is 1.74. The van der Waals surface area contributed by atoms with Crippen molar-refractivity contribution in [2.24, 2.45) is 0 Å². The first-order valence-electron chi connectivity index (χ1n) is 5.28. The molecule has 0 bridgehead atoms. The van der Waals surface area contributed by atoms with E-state index in [9.17, 15) is 0 Å². The molecule has 0 unspecified atom stereocenters. The summed E-state index contributed by atoms with van der Waals surface area (Å²) in [6.07, 6.45) is 3.77. The summed E-state index contributed by atoms with van der Waals surface area (Å²) < 4.78 is 3.08. The van der Waals surface area contributed by atoms with Crippen LogP contribution in [0.15, 0.2) is 47.2 Å². The quantitative estimate of drug-likeness (QED) is 0.852. The Hall–Kier alpha value is -1.13. The molecular formula is C12H14BrN3. The van der Waals surface area contributed by atoms with E-state index in [1.165, 1.54) is 5.56 Å². The Labute approximate surface area is 104 Å². The van der Waals surface area contributed by atoms with Crippen molar-refractivity contribution in [1.29, 1.82) is 0 Å². The molecule has 4 heteroatoms. The van der Waals surface area contributed by atoms with Crippen molar-refractivity contribution in [2.45, 2.75) is 13.1 Å². The van der Waals surface area contributed by atoms with Gasteiger partial charge in [-0.3, -0.25) is 4.68 Å². The fourth-order valence-electron chi connectivity index (χ4n) is 1.49. The van der Waals surface area contributed by atoms with Gasteiger partial charge in [0.25, 0.3) is 0 Å². The highest BCUT2D eigenvalue weighted by atomic mass is 79.9. The highest BCUT2D eigenvalue weighted by molar-refractivity contribution is 9.10. The molecule has 0 spiro atoms. The van der Waals surface area contributed by atoms with E-state index in [-0.39, 0.29) is 0 Å². The molecular weight excluding hydrogens is 266 g/mol. The number of nitrogens with one attached hydrogen (secondary N) is 1. The smallest absolute Gasteiger partial charge is 0.0534 e. The summed E-state index contributed by atoms with van der Waals surface area (Å²) in [7, 11) is 0. The molecule has 16 heavy (non-hydrogen) atoms. The summed E-state index contributed by atoms with van der Waals surface area (Å²) in [6.45, 7) is 2.70. The van der Waals surface area contributed by atoms with E-state index in [1.54, 1.807) is 6.20 Å². The molecule has 84 valence electrons. The molecule has 0 aliphatic rings. The van der Waals surface area contributed by atoms with Gasteiger partial charge in [0.15, 0.2) is 0 Å². The van der Waals surface area contributed by atoms with Crippen LogP contribution in [0.5, 0.6) is 0 Å². The van der Waals surface area contributed by atoms with Crippen molar-refractivity contribution in [1.82, 2.24) is 15.1 Å². The summed E-state index contributed by atoms with van der Waals surface area (Å²) in [5.41, 5.74) is 1.28. The van der Waals surface area contributed by atoms with E-state index >= 15 is 0 Å². The Morgan fingerprint density at radius 2 is 2.12 bits per heavy atom. The van der Waals surface area contributed by atoms with Crippen LogP contribution in [0.4, 0.5) is 0 Å². The predicted molar refractivity (Wildman–Crippen MR) is 68.1 cm³/mol. The molecule has 0 saturated carbocycles. The minimum Gasteiger partial charge on any atom is -0.311 e. The van der Waals surface area contributed by atoms with Crippen LogP contribution in [0.2, 0.25) is 0 Å². The third-order valence-electron chi connectivity index (χ3n) is 2.35. The van der Waals surface area contributed by atoms with Gasteiger partial charge in [-0.25, -0.2) is 0 Å². The van der Waals surface area contributed by atoms with Gasteiger partial charge >= 0.3 is 0 Å². The number of hydrogen-bond acceptors (Lipinski definition) is 2. The van der Waals surface area contributed by atoms with E-state index in [2.05, 4.69) is 44.5 Å². The zero-order chi connectivity index (χ0) is 11.2. The van der Waals surface area contributed by atoms with Crippen LogP contribution in [0.3, 0.4) is 0 Å². The van der Waals surface area contributed by atoms with Crippen LogP contribution in [-0.2, 0) is 13.1 Å². The maximum atomic E-state index is 4.15. The maximum Gasteiger partial charge on any atom is 0.0534 e. The van der Waals surface area contributed by atoms with E-state index in [0.717, 1.165) is 24.1 Å². The molecule has 0 saturated heterocycles. The van der Waals surface area contributed by atoms with Crippen LogP contribution in [-0.4, -0.2) is 16.3 Å². The number of rotatable bonds is 5. The summed E-state index contributed by atoms with van der Waals surface area (Å²) in [5, 5.41) is 7.54. The second-order valence-corrected chi connectivity index (χ2v) is 4.39. The average Bonchev–Trinajstić information content (AvgIpc) is 2.79. The van der Waals surface area contributed by atoms with Crippen LogP contribution >= 0.6 is 15.9 Å². The highest BCUT2D eigenvalue weighted by Crippen LogP contribution is 2.14. The lowest BCUT2D eigenvalue weighted by molar-refractivity contribution is 0.554. The zero-order valence-electron chi connectivity index (χ0n) is 8.94. The third-order valence-corrected chi connectivity index (χ3v) is 3.12. The topological polar surface area (TPSA) is 29.9 Å². The Morgan fingerprint density at radius 3 is 2.88 bits per heavy atom. The minimum absolute atomic E-state index is 0.878. The Morgan fingerprint density at radius 1 is 1.25 bits per heavy atom. The molecule has 1 heterocycles. The monoisotopic (exact) mass is 279 g/mol. The molecule has 0 amide bonds. The molecule has 1 aromatic carbocycles. The molecule has 3 nitrogen and oxygen atoms in total. The van der Waals surface area contributed by atoms with Gasteiger partial charge in [-0.15, -0.1) is 0 Å². The van der Waals surface area contributed by atoms with E-state index < -0.39 is 0 Å². The predicted octanol–water partition coefficient (Wildman–Crippen LogP) is 2.44. The normalized spacial score (nSPS) is 10.6. The minimum atomic E-state index is 0.878. The molecule has 2 rings (SSSR count). The Bertz CT molecular complexity index is 426. The van der Waals surface area contributed by atoms with Gasteiger partial charge in [0.1, 0.15) is 0 Å². The summed E-state index contributed by atoms with van der Waals surface area (Å²) in [5.74, 6) is 0. The van der Waals surface area contributed by atoms with Crippen molar-refractivity contribution in [3.05, 3.63) is 52.8 Å². The van der Waals surface area contributed by atoms with Gasteiger partial charge in [-0.05, 0) is 17.7 Å². The Kier molecular flexibility index (Phi) is 4.13. The average molecular weight is 280 g/mol. The van der Waals surface area contributed by atoms with Crippen LogP contribution in [0.25, 0.3) is 0 Å². The molecule has 0 aliphatic carbocycles. The molecule has 0 radical (unpaired) electrons. The van der Waals surface area contributed by atoms with Gasteiger partial charge in [-0.2, -0.15) is 5.10 Å². The number of aromatic nitrogens is 2. The van der Waals surface area contributed by atoms with Gasteiger partial charge < -0.3 is 5.32 Å². The van der Waals surface area contributed by atoms with Crippen molar-refractivity contribution in [3.8, 4) is 0 Å². The SMILES string of the molecule is Brc1ccccc1CNCCn1cccn1. The van der Waals surface area contributed by atoms with Gasteiger partial charge in [0, 0.05) is 30.0 Å². The van der Waals surface area contributed by atoms with Gasteiger partial charge in [0.2, 0.25) is 0 Å². The second kappa shape index (κ2) is 5.82. The largest absolute Gasteiger partial charge is 0.311 e. The van der Waals surface area contributed by atoms with Gasteiger partial charge in [0.05, 0.1) is 6.54 Å². The van der Waals surface area contributed by atoms with Crippen LogP contribution < -0.4 is 5.32 Å². The molecule has 1 N–H and O–H groups in total. The fourth-order valence-corrected chi connectivity index (χ4v) is 1.92. The van der Waals surface area contributed by atoms with Crippen LogP contribution in [0, 0.1) is 0 Å². The van der Waals surface area contributed by atoms with Crippen LogP contribution in [0.1, 0.15) is 5.56 Å². The number of nitrogens with zero attached hydrogens (tertiary/aromatic N) is 2. The summed E-state index contributed by atoms with van der Waals surface area (Å²) in [4.78, 5) is 0. The van der Waals surface area contributed by atoms with Crippen molar-refractivity contribution >= 4 is 15.9 Å². The molecule has 0 aliphatic heterocycles. The number of halogens is 1.